The van der Waals surface area contributed by atoms with Crippen molar-refractivity contribution >= 4 is 11.7 Å². The number of rotatable bonds is 11. The van der Waals surface area contributed by atoms with Gasteiger partial charge in [-0.05, 0) is 43.2 Å². The van der Waals surface area contributed by atoms with E-state index < -0.39 is 0 Å². The molecule has 0 bridgehead atoms. The number of carbonyl (C=O) groups excluding carboxylic acids is 1. The van der Waals surface area contributed by atoms with Gasteiger partial charge in [0.05, 0.1) is 18.8 Å². The topological polar surface area (TPSA) is 46.5 Å². The summed E-state index contributed by atoms with van der Waals surface area (Å²) in [5.74, 6) is 0.694. The molecule has 164 valence electrons. The van der Waals surface area contributed by atoms with E-state index in [9.17, 15) is 4.79 Å². The summed E-state index contributed by atoms with van der Waals surface area (Å²) in [7, 11) is 0. The van der Waals surface area contributed by atoms with Crippen molar-refractivity contribution in [3.63, 3.8) is 0 Å². The van der Waals surface area contributed by atoms with Gasteiger partial charge in [-0.1, -0.05) is 62.2 Å². The Bertz CT molecular complexity index is 937. The average molecular weight is 420 g/mol. The van der Waals surface area contributed by atoms with Crippen LogP contribution in [0.25, 0.3) is 0 Å². The van der Waals surface area contributed by atoms with Gasteiger partial charge in [0.25, 0.3) is 0 Å². The number of ether oxygens (including phenoxy) is 1. The zero-order chi connectivity index (χ0) is 21.9. The summed E-state index contributed by atoms with van der Waals surface area (Å²) < 4.78 is 7.88. The molecular formula is C26H33N3O2. The summed E-state index contributed by atoms with van der Waals surface area (Å²) in [6, 6.07) is 22.0. The molecular weight excluding hydrogens is 386 g/mol. The van der Waals surface area contributed by atoms with Crippen molar-refractivity contribution in [3.05, 3.63) is 84.2 Å². The number of hydrogen-bond donors (Lipinski definition) is 1. The van der Waals surface area contributed by atoms with E-state index >= 15 is 0 Å². The van der Waals surface area contributed by atoms with E-state index in [1.54, 1.807) is 0 Å². The molecule has 5 nitrogen and oxygen atoms in total. The van der Waals surface area contributed by atoms with E-state index in [1.807, 2.05) is 48.2 Å². The molecule has 0 unspecified atom stereocenters. The van der Waals surface area contributed by atoms with Crippen LogP contribution in [0.2, 0.25) is 0 Å². The summed E-state index contributed by atoms with van der Waals surface area (Å²) in [4.78, 5) is 15.1. The zero-order valence-corrected chi connectivity index (χ0v) is 18.6. The van der Waals surface area contributed by atoms with Crippen molar-refractivity contribution in [2.75, 3.05) is 18.5 Å². The molecule has 0 spiro atoms. The molecule has 0 radical (unpaired) electrons. The lowest BCUT2D eigenvalue weighted by molar-refractivity contribution is 0.206. The number of nitrogens with one attached hydrogen (secondary N) is 1. The molecule has 0 aliphatic heterocycles. The van der Waals surface area contributed by atoms with Crippen LogP contribution in [0.1, 0.15) is 44.4 Å². The van der Waals surface area contributed by atoms with Crippen LogP contribution < -0.4 is 10.1 Å². The van der Waals surface area contributed by atoms with Crippen LogP contribution in [0.15, 0.2) is 72.9 Å². The molecule has 3 aromatic rings. The minimum absolute atomic E-state index is 0.101. The number of aromatic nitrogens is 1. The molecule has 1 N–H and O–H groups in total. The van der Waals surface area contributed by atoms with E-state index in [-0.39, 0.29) is 6.03 Å². The summed E-state index contributed by atoms with van der Waals surface area (Å²) in [5, 5.41) is 3.06. The highest BCUT2D eigenvalue weighted by Gasteiger charge is 2.17. The Balaban J connectivity index is 1.74. The number of hydrogen-bond acceptors (Lipinski definition) is 2. The highest BCUT2D eigenvalue weighted by Crippen LogP contribution is 2.24. The third-order valence-electron chi connectivity index (χ3n) is 5.22. The second-order valence-electron chi connectivity index (χ2n) is 7.60. The van der Waals surface area contributed by atoms with Crippen LogP contribution in [0.3, 0.4) is 0 Å². The second kappa shape index (κ2) is 11.8. The number of amides is 2. The Hall–Kier alpha value is -3.21. The Morgan fingerprint density at radius 3 is 2.52 bits per heavy atom. The number of benzene rings is 2. The molecule has 5 heteroatoms. The molecule has 0 atom stereocenters. The molecule has 31 heavy (non-hydrogen) atoms. The van der Waals surface area contributed by atoms with Gasteiger partial charge in [-0.15, -0.1) is 0 Å². The monoisotopic (exact) mass is 419 g/mol. The number of carbonyl (C=O) groups is 1. The fourth-order valence-electron chi connectivity index (χ4n) is 3.57. The van der Waals surface area contributed by atoms with Crippen LogP contribution in [0, 0.1) is 0 Å². The van der Waals surface area contributed by atoms with Crippen molar-refractivity contribution in [3.8, 4) is 5.75 Å². The van der Waals surface area contributed by atoms with Gasteiger partial charge in [0, 0.05) is 25.0 Å². The lowest BCUT2D eigenvalue weighted by Crippen LogP contribution is -2.36. The van der Waals surface area contributed by atoms with Gasteiger partial charge in [-0.3, -0.25) is 0 Å². The summed E-state index contributed by atoms with van der Waals surface area (Å²) in [6.45, 7) is 6.74. The van der Waals surface area contributed by atoms with E-state index in [0.717, 1.165) is 31.5 Å². The first-order valence-corrected chi connectivity index (χ1v) is 11.2. The van der Waals surface area contributed by atoms with Crippen LogP contribution in [0.4, 0.5) is 10.5 Å². The maximum atomic E-state index is 13.2. The number of anilines is 1. The number of urea groups is 1. The molecule has 1 heterocycles. The molecule has 1 aromatic heterocycles. The molecule has 2 amide bonds. The van der Waals surface area contributed by atoms with Gasteiger partial charge >= 0.3 is 6.03 Å². The van der Waals surface area contributed by atoms with Crippen molar-refractivity contribution in [2.45, 2.75) is 46.2 Å². The first-order valence-electron chi connectivity index (χ1n) is 11.2. The molecule has 2 aromatic carbocycles. The average Bonchev–Trinajstić information content (AvgIpc) is 3.22. The highest BCUT2D eigenvalue weighted by molar-refractivity contribution is 5.90. The van der Waals surface area contributed by atoms with Gasteiger partial charge in [0.15, 0.2) is 0 Å². The van der Waals surface area contributed by atoms with E-state index in [4.69, 9.17) is 4.74 Å². The second-order valence-corrected chi connectivity index (χ2v) is 7.60. The van der Waals surface area contributed by atoms with E-state index in [2.05, 4.69) is 53.3 Å². The smallest absolute Gasteiger partial charge is 0.322 e. The first kappa shape index (κ1) is 22.5. The minimum atomic E-state index is -0.101. The van der Waals surface area contributed by atoms with E-state index in [0.29, 0.717) is 31.1 Å². The molecule has 0 saturated heterocycles. The Kier molecular flexibility index (Phi) is 8.59. The summed E-state index contributed by atoms with van der Waals surface area (Å²) in [6.07, 6.45) is 5.28. The van der Waals surface area contributed by atoms with Gasteiger partial charge in [0.2, 0.25) is 0 Å². The molecule has 3 rings (SSSR count). The van der Waals surface area contributed by atoms with Crippen LogP contribution in [-0.4, -0.2) is 28.6 Å². The normalized spacial score (nSPS) is 10.6. The molecule has 0 fully saturated rings. The van der Waals surface area contributed by atoms with Crippen LogP contribution in [-0.2, 0) is 13.1 Å². The predicted molar refractivity (Wildman–Crippen MR) is 127 cm³/mol. The predicted octanol–water partition coefficient (Wildman–Crippen LogP) is 6.16. The molecule has 0 saturated carbocycles. The fraction of sp³-hybridized carbons (Fsp3) is 0.346. The standard InChI is InChI=1S/C26H33N3O2/c1-3-5-11-18-29(26(30)27-24-16-9-10-17-25(24)31-4-2)21-23-15-12-19-28(23)20-22-13-7-6-8-14-22/h6-10,12-17,19H,3-5,11,18,20-21H2,1-2H3,(H,27,30). The maximum Gasteiger partial charge on any atom is 0.322 e. The summed E-state index contributed by atoms with van der Waals surface area (Å²) >= 11 is 0. The fourth-order valence-corrected chi connectivity index (χ4v) is 3.57. The molecule has 0 aliphatic rings. The van der Waals surface area contributed by atoms with Gasteiger partial charge in [-0.2, -0.15) is 0 Å². The first-order chi connectivity index (χ1) is 15.2. The summed E-state index contributed by atoms with van der Waals surface area (Å²) in [5.41, 5.74) is 3.07. The zero-order valence-electron chi connectivity index (χ0n) is 18.6. The van der Waals surface area contributed by atoms with Crippen molar-refractivity contribution in [1.29, 1.82) is 0 Å². The lowest BCUT2D eigenvalue weighted by Gasteiger charge is -2.24. The van der Waals surface area contributed by atoms with Crippen molar-refractivity contribution < 1.29 is 9.53 Å². The number of unbranched alkanes of at least 4 members (excludes halogenated alkanes) is 2. The largest absolute Gasteiger partial charge is 0.492 e. The van der Waals surface area contributed by atoms with Gasteiger partial charge in [0.1, 0.15) is 5.75 Å². The Morgan fingerprint density at radius 1 is 0.968 bits per heavy atom. The number of nitrogens with zero attached hydrogens (tertiary/aromatic N) is 2. The molecule has 0 aliphatic carbocycles. The Labute approximate surface area is 185 Å². The van der Waals surface area contributed by atoms with E-state index in [1.165, 1.54) is 5.56 Å². The SMILES string of the molecule is CCCCCN(Cc1cccn1Cc1ccccc1)C(=O)Nc1ccccc1OCC. The quantitative estimate of drug-likeness (QED) is 0.378. The Morgan fingerprint density at radius 2 is 1.74 bits per heavy atom. The lowest BCUT2D eigenvalue weighted by atomic mass is 10.2. The number of para-hydroxylation sites is 2. The van der Waals surface area contributed by atoms with Gasteiger partial charge < -0.3 is 19.5 Å². The third-order valence-corrected chi connectivity index (χ3v) is 5.22. The van der Waals surface area contributed by atoms with Crippen molar-refractivity contribution in [2.24, 2.45) is 0 Å². The minimum Gasteiger partial charge on any atom is -0.492 e. The van der Waals surface area contributed by atoms with Crippen LogP contribution >= 0.6 is 0 Å². The maximum absolute atomic E-state index is 13.2. The highest BCUT2D eigenvalue weighted by atomic mass is 16.5. The van der Waals surface area contributed by atoms with Gasteiger partial charge in [-0.25, -0.2) is 4.79 Å². The third kappa shape index (κ3) is 6.64. The van der Waals surface area contributed by atoms with Crippen molar-refractivity contribution in [1.82, 2.24) is 9.47 Å². The van der Waals surface area contributed by atoms with Crippen LogP contribution in [0.5, 0.6) is 5.75 Å².